The number of benzene rings is 1. The van der Waals surface area contributed by atoms with Crippen LogP contribution in [0, 0.1) is 0 Å². The molecule has 0 fully saturated rings. The van der Waals surface area contributed by atoms with Gasteiger partial charge in [-0.25, -0.2) is 0 Å². The molecule has 20 heavy (non-hydrogen) atoms. The highest BCUT2D eigenvalue weighted by atomic mass is 35.5. The molecule has 1 atom stereocenters. The molecular weight excluding hydrogens is 290 g/mol. The van der Waals surface area contributed by atoms with E-state index in [1.54, 1.807) is 11.3 Å². The Balaban J connectivity index is 2.06. The lowest BCUT2D eigenvalue weighted by Crippen LogP contribution is -2.12. The van der Waals surface area contributed by atoms with Gasteiger partial charge in [0.25, 0.3) is 0 Å². The third-order valence-corrected chi connectivity index (χ3v) is 4.17. The molecule has 2 aromatic rings. The SMILES string of the molecule is CCNCc1cccc(OC(CCCl)c2cccs2)c1. The van der Waals surface area contributed by atoms with Gasteiger partial charge in [-0.2, -0.15) is 0 Å². The highest BCUT2D eigenvalue weighted by Crippen LogP contribution is 2.28. The van der Waals surface area contributed by atoms with Crippen molar-refractivity contribution in [3.63, 3.8) is 0 Å². The Labute approximate surface area is 129 Å². The molecule has 0 aliphatic carbocycles. The maximum absolute atomic E-state index is 6.12. The Hall–Kier alpha value is -1.03. The molecule has 2 rings (SSSR count). The van der Waals surface area contributed by atoms with E-state index in [0.717, 1.165) is 25.3 Å². The second kappa shape index (κ2) is 8.30. The quantitative estimate of drug-likeness (QED) is 0.719. The van der Waals surface area contributed by atoms with Crippen LogP contribution in [0.5, 0.6) is 5.75 Å². The first kappa shape index (κ1) is 15.4. The van der Waals surface area contributed by atoms with Crippen molar-refractivity contribution in [3.05, 3.63) is 52.2 Å². The molecule has 1 unspecified atom stereocenters. The summed E-state index contributed by atoms with van der Waals surface area (Å²) in [6, 6.07) is 12.4. The largest absolute Gasteiger partial charge is 0.485 e. The summed E-state index contributed by atoms with van der Waals surface area (Å²) in [7, 11) is 0. The molecule has 0 radical (unpaired) electrons. The Morgan fingerprint density at radius 1 is 1.30 bits per heavy atom. The van der Waals surface area contributed by atoms with Crippen LogP contribution < -0.4 is 10.1 Å². The van der Waals surface area contributed by atoms with Crippen LogP contribution in [0.15, 0.2) is 41.8 Å². The van der Waals surface area contributed by atoms with Gasteiger partial charge in [0.1, 0.15) is 11.9 Å². The second-order valence-corrected chi connectivity index (χ2v) is 5.88. The molecule has 0 aliphatic heterocycles. The van der Waals surface area contributed by atoms with Gasteiger partial charge in [-0.15, -0.1) is 22.9 Å². The molecule has 0 spiro atoms. The Morgan fingerprint density at radius 3 is 2.90 bits per heavy atom. The Kier molecular flexibility index (Phi) is 6.37. The van der Waals surface area contributed by atoms with E-state index in [4.69, 9.17) is 16.3 Å². The van der Waals surface area contributed by atoms with Crippen molar-refractivity contribution in [2.45, 2.75) is 26.0 Å². The zero-order chi connectivity index (χ0) is 14.2. The number of ether oxygens (including phenoxy) is 1. The molecule has 108 valence electrons. The van der Waals surface area contributed by atoms with Crippen LogP contribution in [0.25, 0.3) is 0 Å². The molecule has 0 amide bonds. The summed E-state index contributed by atoms with van der Waals surface area (Å²) in [6.45, 7) is 3.94. The standard InChI is InChI=1S/C16H20ClNOS/c1-2-18-12-13-5-3-6-14(11-13)19-15(8-9-17)16-7-4-10-20-16/h3-7,10-11,15,18H,2,8-9,12H2,1H3. The number of hydrogen-bond donors (Lipinski definition) is 1. The maximum Gasteiger partial charge on any atom is 0.134 e. The number of halogens is 1. The topological polar surface area (TPSA) is 21.3 Å². The maximum atomic E-state index is 6.12. The third kappa shape index (κ3) is 4.51. The summed E-state index contributed by atoms with van der Waals surface area (Å²) in [5.74, 6) is 1.50. The Bertz CT molecular complexity index is 501. The Morgan fingerprint density at radius 2 is 2.20 bits per heavy atom. The van der Waals surface area contributed by atoms with Crippen LogP contribution in [-0.4, -0.2) is 12.4 Å². The van der Waals surface area contributed by atoms with Gasteiger partial charge in [0.05, 0.1) is 0 Å². The van der Waals surface area contributed by atoms with E-state index in [0.29, 0.717) is 5.88 Å². The zero-order valence-corrected chi connectivity index (χ0v) is 13.2. The van der Waals surface area contributed by atoms with Gasteiger partial charge in [0.2, 0.25) is 0 Å². The first-order chi connectivity index (χ1) is 9.83. The highest BCUT2D eigenvalue weighted by molar-refractivity contribution is 7.10. The van der Waals surface area contributed by atoms with E-state index in [-0.39, 0.29) is 6.10 Å². The fourth-order valence-corrected chi connectivity index (χ4v) is 2.98. The van der Waals surface area contributed by atoms with Gasteiger partial charge >= 0.3 is 0 Å². The van der Waals surface area contributed by atoms with Crippen LogP contribution >= 0.6 is 22.9 Å². The predicted octanol–water partition coefficient (Wildman–Crippen LogP) is 4.61. The van der Waals surface area contributed by atoms with Crippen molar-refractivity contribution in [1.29, 1.82) is 0 Å². The van der Waals surface area contributed by atoms with Gasteiger partial charge < -0.3 is 10.1 Å². The minimum Gasteiger partial charge on any atom is -0.485 e. The van der Waals surface area contributed by atoms with Crippen LogP contribution in [0.3, 0.4) is 0 Å². The first-order valence-corrected chi connectivity index (χ1v) is 8.30. The van der Waals surface area contributed by atoms with Crippen molar-refractivity contribution < 1.29 is 4.74 Å². The van der Waals surface area contributed by atoms with E-state index in [9.17, 15) is 0 Å². The molecule has 1 aromatic heterocycles. The second-order valence-electron chi connectivity index (χ2n) is 4.53. The number of thiophene rings is 1. The van der Waals surface area contributed by atoms with E-state index >= 15 is 0 Å². The average molecular weight is 310 g/mol. The first-order valence-electron chi connectivity index (χ1n) is 6.89. The normalized spacial score (nSPS) is 12.3. The van der Waals surface area contributed by atoms with Gasteiger partial charge in [-0.3, -0.25) is 0 Å². The van der Waals surface area contributed by atoms with Gasteiger partial charge in [0.15, 0.2) is 0 Å². The van der Waals surface area contributed by atoms with E-state index in [1.807, 2.05) is 18.2 Å². The molecule has 1 aromatic carbocycles. The van der Waals surface area contributed by atoms with Crippen molar-refractivity contribution in [1.82, 2.24) is 5.32 Å². The monoisotopic (exact) mass is 309 g/mol. The van der Waals surface area contributed by atoms with Gasteiger partial charge in [-0.05, 0) is 35.7 Å². The molecule has 1 heterocycles. The average Bonchev–Trinajstić information content (AvgIpc) is 2.99. The minimum absolute atomic E-state index is 0.0434. The molecule has 0 saturated heterocycles. The summed E-state index contributed by atoms with van der Waals surface area (Å²) in [4.78, 5) is 1.22. The molecular formula is C16H20ClNOS. The molecule has 4 heteroatoms. The predicted molar refractivity (Wildman–Crippen MR) is 86.8 cm³/mol. The van der Waals surface area contributed by atoms with E-state index < -0.39 is 0 Å². The summed E-state index contributed by atoms with van der Waals surface area (Å²) >= 11 is 7.61. The number of rotatable bonds is 8. The lowest BCUT2D eigenvalue weighted by Gasteiger charge is -2.17. The molecule has 0 aliphatic rings. The minimum atomic E-state index is 0.0434. The smallest absolute Gasteiger partial charge is 0.134 e. The summed E-state index contributed by atoms with van der Waals surface area (Å²) in [5.41, 5.74) is 1.24. The van der Waals surface area contributed by atoms with Gasteiger partial charge in [0, 0.05) is 23.7 Å². The molecule has 0 bridgehead atoms. The van der Waals surface area contributed by atoms with Crippen molar-refractivity contribution in [2.75, 3.05) is 12.4 Å². The number of hydrogen-bond acceptors (Lipinski definition) is 3. The molecule has 2 nitrogen and oxygen atoms in total. The van der Waals surface area contributed by atoms with Crippen LogP contribution in [0.2, 0.25) is 0 Å². The molecule has 1 N–H and O–H groups in total. The molecule has 0 saturated carbocycles. The summed E-state index contributed by atoms with van der Waals surface area (Å²) in [6.07, 6.45) is 0.862. The highest BCUT2D eigenvalue weighted by Gasteiger charge is 2.14. The van der Waals surface area contributed by atoms with E-state index in [2.05, 4.69) is 35.8 Å². The van der Waals surface area contributed by atoms with Crippen molar-refractivity contribution >= 4 is 22.9 Å². The zero-order valence-electron chi connectivity index (χ0n) is 11.6. The fourth-order valence-electron chi connectivity index (χ4n) is 2.00. The van der Waals surface area contributed by atoms with Crippen LogP contribution in [-0.2, 0) is 6.54 Å². The van der Waals surface area contributed by atoms with Gasteiger partial charge in [-0.1, -0.05) is 25.1 Å². The van der Waals surface area contributed by atoms with E-state index in [1.165, 1.54) is 10.4 Å². The summed E-state index contributed by atoms with van der Waals surface area (Å²) < 4.78 is 6.12. The van der Waals surface area contributed by atoms with Crippen LogP contribution in [0.1, 0.15) is 29.9 Å². The number of alkyl halides is 1. The van der Waals surface area contributed by atoms with Crippen molar-refractivity contribution in [3.8, 4) is 5.75 Å². The fraction of sp³-hybridized carbons (Fsp3) is 0.375. The van der Waals surface area contributed by atoms with Crippen LogP contribution in [0.4, 0.5) is 0 Å². The summed E-state index contributed by atoms with van der Waals surface area (Å²) in [5, 5.41) is 5.39. The number of nitrogens with one attached hydrogen (secondary N) is 1. The lowest BCUT2D eigenvalue weighted by molar-refractivity contribution is 0.206. The third-order valence-electron chi connectivity index (χ3n) is 2.99. The van der Waals surface area contributed by atoms with Crippen molar-refractivity contribution in [2.24, 2.45) is 0 Å². The lowest BCUT2D eigenvalue weighted by atomic mass is 10.2.